The molecular formula is C16H20FN3O2S. The van der Waals surface area contributed by atoms with Crippen molar-refractivity contribution in [1.29, 1.82) is 0 Å². The number of ether oxygens (including phenoxy) is 1. The summed E-state index contributed by atoms with van der Waals surface area (Å²) < 4.78 is 18.5. The number of anilines is 1. The molecule has 0 radical (unpaired) electrons. The van der Waals surface area contributed by atoms with E-state index in [2.05, 4.69) is 15.6 Å². The molecule has 0 aliphatic heterocycles. The first-order valence-electron chi connectivity index (χ1n) is 7.32. The van der Waals surface area contributed by atoms with Crippen molar-refractivity contribution in [2.45, 2.75) is 19.8 Å². The van der Waals surface area contributed by atoms with Gasteiger partial charge in [0.1, 0.15) is 5.82 Å². The third-order valence-corrected chi connectivity index (χ3v) is 4.11. The summed E-state index contributed by atoms with van der Waals surface area (Å²) in [4.78, 5) is 16.8. The van der Waals surface area contributed by atoms with Crippen molar-refractivity contribution < 1.29 is 13.9 Å². The van der Waals surface area contributed by atoms with Crippen LogP contribution >= 0.6 is 11.3 Å². The molecule has 2 rings (SSSR count). The minimum atomic E-state index is -0.289. The third kappa shape index (κ3) is 5.61. The number of hydrogen-bond donors (Lipinski definition) is 2. The molecule has 124 valence electrons. The smallest absolute Gasteiger partial charge is 0.321 e. The van der Waals surface area contributed by atoms with Crippen molar-refractivity contribution in [3.05, 3.63) is 46.2 Å². The number of halogens is 1. The van der Waals surface area contributed by atoms with Gasteiger partial charge in [-0.25, -0.2) is 14.2 Å². The first kappa shape index (κ1) is 17.4. The minimum absolute atomic E-state index is 0.208. The Morgan fingerprint density at radius 2 is 2.26 bits per heavy atom. The van der Waals surface area contributed by atoms with E-state index in [0.29, 0.717) is 30.3 Å². The van der Waals surface area contributed by atoms with Gasteiger partial charge < -0.3 is 10.1 Å². The van der Waals surface area contributed by atoms with E-state index in [0.717, 1.165) is 16.9 Å². The molecule has 2 amide bonds. The van der Waals surface area contributed by atoms with Crippen LogP contribution < -0.4 is 10.6 Å². The van der Waals surface area contributed by atoms with Gasteiger partial charge in [-0.2, -0.15) is 0 Å². The molecule has 0 unspecified atom stereocenters. The third-order valence-electron chi connectivity index (χ3n) is 3.20. The Bertz CT molecular complexity index is 661. The highest BCUT2D eigenvalue weighted by Gasteiger charge is 2.07. The number of aryl methyl sites for hydroxylation is 1. The molecule has 0 saturated carbocycles. The molecule has 1 aromatic heterocycles. The second-order valence-electron chi connectivity index (χ2n) is 5.12. The zero-order chi connectivity index (χ0) is 16.7. The van der Waals surface area contributed by atoms with Gasteiger partial charge in [-0.05, 0) is 30.5 Å². The van der Waals surface area contributed by atoms with E-state index in [-0.39, 0.29) is 11.8 Å². The van der Waals surface area contributed by atoms with E-state index in [4.69, 9.17) is 4.74 Å². The summed E-state index contributed by atoms with van der Waals surface area (Å²) in [5, 5.41) is 5.94. The van der Waals surface area contributed by atoms with Crippen molar-refractivity contribution in [1.82, 2.24) is 10.3 Å². The van der Waals surface area contributed by atoms with Gasteiger partial charge in [0.05, 0.1) is 0 Å². The summed E-state index contributed by atoms with van der Waals surface area (Å²) in [6, 6.07) is 4.90. The maximum absolute atomic E-state index is 13.5. The number of nitrogens with one attached hydrogen (secondary N) is 2. The lowest BCUT2D eigenvalue weighted by Crippen LogP contribution is -2.29. The molecule has 0 saturated heterocycles. The monoisotopic (exact) mass is 337 g/mol. The zero-order valence-electron chi connectivity index (χ0n) is 13.2. The fourth-order valence-electron chi connectivity index (χ4n) is 1.95. The number of carbonyl (C=O) groups excluding carboxylic acids is 1. The Morgan fingerprint density at radius 3 is 3.00 bits per heavy atom. The SMILES string of the molecule is COCCCNC(=O)Nc1ncc(Cc2ccc(C)c(F)c2)s1. The quantitative estimate of drug-likeness (QED) is 0.762. The summed E-state index contributed by atoms with van der Waals surface area (Å²) >= 11 is 1.38. The average Bonchev–Trinajstić information content (AvgIpc) is 2.94. The summed E-state index contributed by atoms with van der Waals surface area (Å²) in [6.45, 7) is 2.88. The number of hydrogen-bond acceptors (Lipinski definition) is 4. The van der Waals surface area contributed by atoms with Crippen LogP contribution in [0.3, 0.4) is 0 Å². The molecule has 23 heavy (non-hydrogen) atoms. The maximum Gasteiger partial charge on any atom is 0.321 e. The number of methoxy groups -OCH3 is 1. The van der Waals surface area contributed by atoms with Crippen molar-refractivity contribution in [3.63, 3.8) is 0 Å². The number of nitrogens with zero attached hydrogens (tertiary/aromatic N) is 1. The Balaban J connectivity index is 1.85. The molecule has 1 aromatic carbocycles. The van der Waals surface area contributed by atoms with Gasteiger partial charge in [-0.3, -0.25) is 5.32 Å². The number of thiazole rings is 1. The van der Waals surface area contributed by atoms with Crippen molar-refractivity contribution >= 4 is 22.5 Å². The summed E-state index contributed by atoms with van der Waals surface area (Å²) in [5.74, 6) is -0.208. The number of amides is 2. The summed E-state index contributed by atoms with van der Waals surface area (Å²) in [7, 11) is 1.62. The molecule has 0 atom stereocenters. The van der Waals surface area contributed by atoms with Gasteiger partial charge in [-0.1, -0.05) is 12.1 Å². The number of carbonyl (C=O) groups is 1. The maximum atomic E-state index is 13.5. The zero-order valence-corrected chi connectivity index (χ0v) is 14.0. The second-order valence-corrected chi connectivity index (χ2v) is 6.23. The Labute approximate surface area is 138 Å². The fraction of sp³-hybridized carbons (Fsp3) is 0.375. The molecule has 5 nitrogen and oxygen atoms in total. The van der Waals surface area contributed by atoms with Crippen molar-refractivity contribution in [3.8, 4) is 0 Å². The molecule has 0 aliphatic carbocycles. The Hall–Kier alpha value is -1.99. The fourth-order valence-corrected chi connectivity index (χ4v) is 2.80. The number of benzene rings is 1. The van der Waals surface area contributed by atoms with Gasteiger partial charge in [-0.15, -0.1) is 11.3 Å². The summed E-state index contributed by atoms with van der Waals surface area (Å²) in [6.07, 6.45) is 3.04. The first-order valence-corrected chi connectivity index (χ1v) is 8.13. The number of rotatable bonds is 7. The molecule has 2 N–H and O–H groups in total. The highest BCUT2D eigenvalue weighted by atomic mass is 32.1. The predicted molar refractivity (Wildman–Crippen MR) is 89.6 cm³/mol. The predicted octanol–water partition coefficient (Wildman–Crippen LogP) is 3.34. The Kier molecular flexibility index (Phi) is 6.49. The van der Waals surface area contributed by atoms with E-state index in [1.807, 2.05) is 6.07 Å². The van der Waals surface area contributed by atoms with Crippen LogP contribution in [0.4, 0.5) is 14.3 Å². The van der Waals surface area contributed by atoms with Gasteiger partial charge >= 0.3 is 6.03 Å². The molecule has 0 spiro atoms. The van der Waals surface area contributed by atoms with E-state index in [9.17, 15) is 9.18 Å². The highest BCUT2D eigenvalue weighted by Crippen LogP contribution is 2.22. The lowest BCUT2D eigenvalue weighted by atomic mass is 10.1. The van der Waals surface area contributed by atoms with Crippen LogP contribution in [0, 0.1) is 12.7 Å². The second kappa shape index (κ2) is 8.59. The topological polar surface area (TPSA) is 63.2 Å². The number of urea groups is 1. The van der Waals surface area contributed by atoms with E-state index >= 15 is 0 Å². The highest BCUT2D eigenvalue weighted by molar-refractivity contribution is 7.15. The molecule has 0 fully saturated rings. The average molecular weight is 337 g/mol. The van der Waals surface area contributed by atoms with Gasteiger partial charge in [0.2, 0.25) is 0 Å². The summed E-state index contributed by atoms with van der Waals surface area (Å²) in [5.41, 5.74) is 1.51. The van der Waals surface area contributed by atoms with Crippen LogP contribution in [-0.4, -0.2) is 31.3 Å². The number of aromatic nitrogens is 1. The van der Waals surface area contributed by atoms with E-state index in [1.165, 1.54) is 17.4 Å². The van der Waals surface area contributed by atoms with Crippen LogP contribution in [0.5, 0.6) is 0 Å². The van der Waals surface area contributed by atoms with Crippen LogP contribution in [-0.2, 0) is 11.2 Å². The lowest BCUT2D eigenvalue weighted by molar-refractivity contribution is 0.194. The van der Waals surface area contributed by atoms with Crippen LogP contribution in [0.1, 0.15) is 22.4 Å². The largest absolute Gasteiger partial charge is 0.385 e. The first-order chi connectivity index (χ1) is 11.1. The van der Waals surface area contributed by atoms with Crippen LogP contribution in [0.2, 0.25) is 0 Å². The molecule has 0 bridgehead atoms. The lowest BCUT2D eigenvalue weighted by Gasteiger charge is -2.04. The van der Waals surface area contributed by atoms with Crippen molar-refractivity contribution in [2.75, 3.05) is 25.6 Å². The van der Waals surface area contributed by atoms with Crippen LogP contribution in [0.15, 0.2) is 24.4 Å². The normalized spacial score (nSPS) is 10.6. The van der Waals surface area contributed by atoms with Gasteiger partial charge in [0, 0.05) is 37.8 Å². The van der Waals surface area contributed by atoms with Gasteiger partial charge in [0.15, 0.2) is 5.13 Å². The minimum Gasteiger partial charge on any atom is -0.385 e. The molecule has 1 heterocycles. The van der Waals surface area contributed by atoms with E-state index < -0.39 is 0 Å². The van der Waals surface area contributed by atoms with Crippen molar-refractivity contribution in [2.24, 2.45) is 0 Å². The van der Waals surface area contributed by atoms with E-state index in [1.54, 1.807) is 26.3 Å². The van der Waals surface area contributed by atoms with Gasteiger partial charge in [0.25, 0.3) is 0 Å². The van der Waals surface area contributed by atoms with Crippen LogP contribution in [0.25, 0.3) is 0 Å². The molecular weight excluding hydrogens is 317 g/mol. The Morgan fingerprint density at radius 1 is 1.43 bits per heavy atom. The molecule has 2 aromatic rings. The molecule has 0 aliphatic rings. The standard InChI is InChI=1S/C16H20FN3O2S/c1-11-4-5-12(9-14(11)17)8-13-10-19-16(23-13)20-15(21)18-6-3-7-22-2/h4-5,9-10H,3,6-8H2,1-2H3,(H2,18,19,20,21). The molecule has 7 heteroatoms.